The lowest BCUT2D eigenvalue weighted by Gasteiger charge is -2.13. The first-order valence-corrected chi connectivity index (χ1v) is 6.76. The van der Waals surface area contributed by atoms with E-state index in [9.17, 15) is 4.79 Å². The summed E-state index contributed by atoms with van der Waals surface area (Å²) in [6, 6.07) is 14.4. The van der Waals surface area contributed by atoms with Crippen LogP contribution in [0.3, 0.4) is 0 Å². The van der Waals surface area contributed by atoms with Crippen LogP contribution in [0.15, 0.2) is 54.9 Å². The van der Waals surface area contributed by atoms with E-state index in [4.69, 9.17) is 5.73 Å². The number of aromatic nitrogens is 2. The summed E-state index contributed by atoms with van der Waals surface area (Å²) in [6.45, 7) is 2.06. The number of benzene rings is 2. The van der Waals surface area contributed by atoms with Crippen molar-refractivity contribution in [1.29, 1.82) is 0 Å². The van der Waals surface area contributed by atoms with Crippen LogP contribution in [0.4, 0.5) is 0 Å². The molecule has 4 nitrogen and oxygen atoms in total. The number of hydrogen-bond donors (Lipinski definition) is 1. The molecule has 1 aromatic heterocycles. The summed E-state index contributed by atoms with van der Waals surface area (Å²) in [5, 5.41) is 2.38. The fraction of sp³-hybridized carbons (Fsp3) is 0.118. The molecule has 0 spiro atoms. The monoisotopic (exact) mass is 277 g/mol. The lowest BCUT2D eigenvalue weighted by Crippen LogP contribution is -2.13. The minimum Gasteiger partial charge on any atom is -0.366 e. The fourth-order valence-corrected chi connectivity index (χ4v) is 2.46. The molecule has 2 N–H and O–H groups in total. The highest BCUT2D eigenvalue weighted by Crippen LogP contribution is 2.28. The van der Waals surface area contributed by atoms with Crippen LogP contribution < -0.4 is 5.73 Å². The van der Waals surface area contributed by atoms with Crippen LogP contribution in [0.1, 0.15) is 34.6 Å². The van der Waals surface area contributed by atoms with Crippen molar-refractivity contribution in [3.8, 4) is 0 Å². The average molecular weight is 277 g/mol. The second-order valence-electron chi connectivity index (χ2n) is 4.98. The number of carbonyl (C=O) groups is 1. The lowest BCUT2D eigenvalue weighted by atomic mass is 9.94. The van der Waals surface area contributed by atoms with Crippen LogP contribution in [0, 0.1) is 0 Å². The molecule has 3 rings (SSSR count). The van der Waals surface area contributed by atoms with Gasteiger partial charge < -0.3 is 5.73 Å². The van der Waals surface area contributed by atoms with Gasteiger partial charge in [0.25, 0.3) is 5.91 Å². The molecule has 0 radical (unpaired) electrons. The van der Waals surface area contributed by atoms with Gasteiger partial charge in [-0.2, -0.15) is 0 Å². The third kappa shape index (κ3) is 2.48. The zero-order chi connectivity index (χ0) is 14.8. The van der Waals surface area contributed by atoms with Gasteiger partial charge in [-0.25, -0.2) is 9.97 Å². The van der Waals surface area contributed by atoms with Crippen molar-refractivity contribution in [2.75, 3.05) is 0 Å². The summed E-state index contributed by atoms with van der Waals surface area (Å²) in [7, 11) is 0. The number of nitrogens with two attached hydrogens (primary N) is 1. The third-order valence-corrected chi connectivity index (χ3v) is 3.63. The van der Waals surface area contributed by atoms with Crippen molar-refractivity contribution in [2.24, 2.45) is 5.73 Å². The lowest BCUT2D eigenvalue weighted by molar-refractivity contribution is 0.0999. The van der Waals surface area contributed by atoms with Gasteiger partial charge in [0.05, 0.1) is 5.56 Å². The second kappa shape index (κ2) is 5.32. The van der Waals surface area contributed by atoms with Crippen molar-refractivity contribution >= 4 is 16.7 Å². The zero-order valence-corrected chi connectivity index (χ0v) is 11.7. The minimum atomic E-state index is -0.514. The predicted octanol–water partition coefficient (Wildman–Crippen LogP) is 2.88. The maximum absolute atomic E-state index is 11.1. The molecule has 2 aromatic carbocycles. The van der Waals surface area contributed by atoms with Gasteiger partial charge in [-0.3, -0.25) is 4.79 Å². The fourth-order valence-electron chi connectivity index (χ4n) is 2.46. The number of nitrogens with zero attached hydrogens (tertiary/aromatic N) is 2. The van der Waals surface area contributed by atoms with Gasteiger partial charge in [0.2, 0.25) is 0 Å². The van der Waals surface area contributed by atoms with E-state index in [0.717, 1.165) is 0 Å². The second-order valence-corrected chi connectivity index (χ2v) is 4.98. The van der Waals surface area contributed by atoms with Crippen LogP contribution in [-0.2, 0) is 0 Å². The molecule has 0 saturated carbocycles. The Labute approximate surface area is 122 Å². The number of primary amides is 1. The van der Waals surface area contributed by atoms with Crippen molar-refractivity contribution < 1.29 is 4.79 Å². The molecule has 4 heteroatoms. The van der Waals surface area contributed by atoms with Crippen LogP contribution in [-0.4, -0.2) is 15.9 Å². The van der Waals surface area contributed by atoms with E-state index in [1.54, 1.807) is 0 Å². The first kappa shape index (κ1) is 13.2. The van der Waals surface area contributed by atoms with Gasteiger partial charge >= 0.3 is 0 Å². The van der Waals surface area contributed by atoms with E-state index in [1.807, 2.05) is 18.2 Å². The number of carbonyl (C=O) groups excluding carboxylic acids is 1. The highest BCUT2D eigenvalue weighted by atomic mass is 16.1. The van der Waals surface area contributed by atoms with Crippen LogP contribution >= 0.6 is 0 Å². The van der Waals surface area contributed by atoms with Gasteiger partial charge in [0, 0.05) is 18.3 Å². The Hall–Kier alpha value is -2.75. The maximum atomic E-state index is 11.1. The molecule has 1 amide bonds. The van der Waals surface area contributed by atoms with Crippen LogP contribution in [0.5, 0.6) is 0 Å². The van der Waals surface area contributed by atoms with Crippen LogP contribution in [0.2, 0.25) is 0 Å². The molecular formula is C17H15N3O. The summed E-state index contributed by atoms with van der Waals surface area (Å²) >= 11 is 0. The van der Waals surface area contributed by atoms with Crippen molar-refractivity contribution in [3.63, 3.8) is 0 Å². The summed E-state index contributed by atoms with van der Waals surface area (Å²) in [5.41, 5.74) is 6.70. The third-order valence-electron chi connectivity index (χ3n) is 3.63. The molecule has 1 unspecified atom stereocenters. The predicted molar refractivity (Wildman–Crippen MR) is 82.0 cm³/mol. The first-order chi connectivity index (χ1) is 10.2. The molecule has 0 fully saturated rings. The van der Waals surface area contributed by atoms with Crippen molar-refractivity contribution in [2.45, 2.75) is 12.8 Å². The summed E-state index contributed by atoms with van der Waals surface area (Å²) in [4.78, 5) is 19.6. The Kier molecular flexibility index (Phi) is 3.36. The molecule has 1 heterocycles. The topological polar surface area (TPSA) is 68.9 Å². The Balaban J connectivity index is 2.04. The molecule has 3 aromatic rings. The largest absolute Gasteiger partial charge is 0.366 e. The molecular weight excluding hydrogens is 262 g/mol. The summed E-state index contributed by atoms with van der Waals surface area (Å²) in [5.74, 6) is 0.203. The summed E-state index contributed by atoms with van der Waals surface area (Å²) < 4.78 is 0. The molecule has 0 aliphatic rings. The SMILES string of the molecule is CC(c1ncc(C(N)=O)cn1)c1cccc2ccccc12. The quantitative estimate of drug-likeness (QED) is 0.800. The molecule has 0 saturated heterocycles. The smallest absolute Gasteiger partial charge is 0.251 e. The van der Waals surface area contributed by atoms with E-state index in [-0.39, 0.29) is 5.92 Å². The Morgan fingerprint density at radius 2 is 1.71 bits per heavy atom. The average Bonchev–Trinajstić information content (AvgIpc) is 2.53. The molecule has 1 atom stereocenters. The van der Waals surface area contributed by atoms with Crippen molar-refractivity contribution in [3.05, 3.63) is 71.8 Å². The highest BCUT2D eigenvalue weighted by Gasteiger charge is 2.14. The van der Waals surface area contributed by atoms with Gasteiger partial charge in [0.15, 0.2) is 0 Å². The number of fused-ring (bicyclic) bond motifs is 1. The van der Waals surface area contributed by atoms with Crippen LogP contribution in [0.25, 0.3) is 10.8 Å². The number of amides is 1. The number of rotatable bonds is 3. The Morgan fingerprint density at radius 3 is 2.43 bits per heavy atom. The number of hydrogen-bond acceptors (Lipinski definition) is 3. The normalized spacial score (nSPS) is 12.2. The van der Waals surface area contributed by atoms with Gasteiger partial charge in [-0.1, -0.05) is 49.4 Å². The van der Waals surface area contributed by atoms with Gasteiger partial charge in [-0.15, -0.1) is 0 Å². The maximum Gasteiger partial charge on any atom is 0.251 e. The molecule has 21 heavy (non-hydrogen) atoms. The van der Waals surface area contributed by atoms with E-state index < -0.39 is 5.91 Å². The highest BCUT2D eigenvalue weighted by molar-refractivity contribution is 5.92. The summed E-state index contributed by atoms with van der Waals surface area (Å²) in [6.07, 6.45) is 2.96. The first-order valence-electron chi connectivity index (χ1n) is 6.76. The molecule has 0 aliphatic heterocycles. The van der Waals surface area contributed by atoms with Gasteiger partial charge in [0.1, 0.15) is 5.82 Å². The standard InChI is InChI=1S/C17H15N3O/c1-11(17-19-9-13(10-20-17)16(18)21)14-8-4-6-12-5-2-3-7-15(12)14/h2-11H,1H3,(H2,18,21). The van der Waals surface area contributed by atoms with E-state index in [1.165, 1.54) is 28.7 Å². The molecule has 0 bridgehead atoms. The Bertz CT molecular complexity index is 791. The van der Waals surface area contributed by atoms with Gasteiger partial charge in [-0.05, 0) is 16.3 Å². The van der Waals surface area contributed by atoms with E-state index in [2.05, 4.69) is 41.2 Å². The minimum absolute atomic E-state index is 0.0398. The van der Waals surface area contributed by atoms with Crippen molar-refractivity contribution in [1.82, 2.24) is 9.97 Å². The molecule has 104 valence electrons. The zero-order valence-electron chi connectivity index (χ0n) is 11.7. The molecule has 0 aliphatic carbocycles. The van der Waals surface area contributed by atoms with E-state index in [0.29, 0.717) is 11.4 Å². The van der Waals surface area contributed by atoms with E-state index >= 15 is 0 Å². The Morgan fingerprint density at radius 1 is 1.05 bits per heavy atom.